The highest BCUT2D eigenvalue weighted by Crippen LogP contribution is 2.15. The van der Waals surface area contributed by atoms with Crippen molar-refractivity contribution in [2.24, 2.45) is 5.73 Å². The predicted octanol–water partition coefficient (Wildman–Crippen LogP) is 0.828. The van der Waals surface area contributed by atoms with E-state index in [2.05, 4.69) is 10.6 Å². The van der Waals surface area contributed by atoms with Gasteiger partial charge in [-0.05, 0) is 49.2 Å². The number of nitrogens with one attached hydrogen (secondary N) is 3. The minimum Gasteiger partial charge on any atom is -0.366 e. The highest BCUT2D eigenvalue weighted by molar-refractivity contribution is 5.96. The van der Waals surface area contributed by atoms with Gasteiger partial charge in [0.1, 0.15) is 0 Å². The van der Waals surface area contributed by atoms with Crippen LogP contribution in [0.3, 0.4) is 0 Å². The number of hydrogen-bond donors (Lipinski definition) is 4. The fourth-order valence-electron chi connectivity index (χ4n) is 2.74. The number of likely N-dealkylation sites (N-methyl/N-ethyl adjacent to an activating group) is 1. The van der Waals surface area contributed by atoms with Gasteiger partial charge in [0.25, 0.3) is 11.8 Å². The van der Waals surface area contributed by atoms with Gasteiger partial charge in [0, 0.05) is 16.9 Å². The molecule has 5 N–H and O–H groups in total. The molecule has 1 unspecified atom stereocenters. The number of amides is 3. The maximum Gasteiger partial charge on any atom is 0.282 e. The lowest BCUT2D eigenvalue weighted by Crippen LogP contribution is -3.14. The molecular weight excluding hydrogens is 356 g/mol. The van der Waals surface area contributed by atoms with E-state index in [1.165, 1.54) is 0 Å². The Kier molecular flexibility index (Phi) is 7.28. The second-order valence-corrected chi connectivity index (χ2v) is 6.73. The molecule has 0 bridgehead atoms. The van der Waals surface area contributed by atoms with Crippen molar-refractivity contribution in [3.05, 3.63) is 59.7 Å². The Morgan fingerprint density at radius 2 is 1.68 bits per heavy atom. The average molecular weight is 383 g/mol. The summed E-state index contributed by atoms with van der Waals surface area (Å²) in [5.41, 5.74) is 8.01. The summed E-state index contributed by atoms with van der Waals surface area (Å²) in [6.07, 6.45) is 0.826. The molecule has 2 aromatic rings. The lowest BCUT2D eigenvalue weighted by atomic mass is 10.1. The van der Waals surface area contributed by atoms with Crippen LogP contribution in [0.2, 0.25) is 0 Å². The molecule has 0 spiro atoms. The topological polar surface area (TPSA) is 106 Å². The van der Waals surface area contributed by atoms with Crippen LogP contribution in [0.25, 0.3) is 0 Å². The molecule has 2 aromatic carbocycles. The molecule has 148 valence electrons. The summed E-state index contributed by atoms with van der Waals surface area (Å²) in [6, 6.07) is 13.6. The van der Waals surface area contributed by atoms with Gasteiger partial charge < -0.3 is 21.3 Å². The van der Waals surface area contributed by atoms with Crippen LogP contribution in [0.4, 0.5) is 11.4 Å². The van der Waals surface area contributed by atoms with Gasteiger partial charge in [-0.3, -0.25) is 14.4 Å². The molecule has 0 heterocycles. The molecule has 0 aliphatic heterocycles. The number of carbonyl (C=O) groups is 3. The molecule has 28 heavy (non-hydrogen) atoms. The van der Waals surface area contributed by atoms with E-state index in [1.807, 2.05) is 31.2 Å². The largest absolute Gasteiger partial charge is 0.366 e. The maximum atomic E-state index is 12.5. The lowest BCUT2D eigenvalue weighted by Gasteiger charge is -2.21. The van der Waals surface area contributed by atoms with Crippen LogP contribution in [0, 0.1) is 0 Å². The smallest absolute Gasteiger partial charge is 0.282 e. The maximum absolute atomic E-state index is 12.5. The van der Waals surface area contributed by atoms with Crippen LogP contribution in [0.1, 0.15) is 29.8 Å². The minimum atomic E-state index is -0.522. The zero-order valence-corrected chi connectivity index (χ0v) is 16.4. The van der Waals surface area contributed by atoms with Crippen molar-refractivity contribution >= 4 is 29.1 Å². The van der Waals surface area contributed by atoms with Crippen LogP contribution in [-0.4, -0.2) is 37.4 Å². The average Bonchev–Trinajstić information content (AvgIpc) is 2.68. The van der Waals surface area contributed by atoms with Crippen molar-refractivity contribution in [3.8, 4) is 0 Å². The third-order valence-electron chi connectivity index (χ3n) is 4.68. The summed E-state index contributed by atoms with van der Waals surface area (Å²) in [4.78, 5) is 36.7. The van der Waals surface area contributed by atoms with E-state index in [9.17, 15) is 14.4 Å². The summed E-state index contributed by atoms with van der Waals surface area (Å²) >= 11 is 0. The Bertz CT molecular complexity index is 849. The number of nitrogens with two attached hydrogens (primary N) is 1. The van der Waals surface area contributed by atoms with Gasteiger partial charge in [0.2, 0.25) is 5.91 Å². The third kappa shape index (κ3) is 5.65. The Hall–Kier alpha value is -3.19. The first-order valence-corrected chi connectivity index (χ1v) is 9.22. The first-order chi connectivity index (χ1) is 13.3. The first kappa shape index (κ1) is 21.1. The molecule has 0 aliphatic carbocycles. The normalized spacial score (nSPS) is 12.7. The highest BCUT2D eigenvalue weighted by Gasteiger charge is 2.24. The van der Waals surface area contributed by atoms with Crippen molar-refractivity contribution in [1.29, 1.82) is 0 Å². The number of quaternary nitrogens is 1. The number of para-hydroxylation sites is 1. The number of aryl methyl sites for hydroxylation is 1. The predicted molar refractivity (Wildman–Crippen MR) is 109 cm³/mol. The molecule has 0 saturated heterocycles. The Labute approximate surface area is 164 Å². The van der Waals surface area contributed by atoms with Crippen molar-refractivity contribution in [1.82, 2.24) is 0 Å². The van der Waals surface area contributed by atoms with Gasteiger partial charge in [-0.1, -0.05) is 25.1 Å². The van der Waals surface area contributed by atoms with Crippen LogP contribution in [0.5, 0.6) is 0 Å². The third-order valence-corrected chi connectivity index (χ3v) is 4.68. The number of benzene rings is 2. The Morgan fingerprint density at radius 1 is 1.04 bits per heavy atom. The zero-order chi connectivity index (χ0) is 20.7. The van der Waals surface area contributed by atoms with Gasteiger partial charge in [-0.15, -0.1) is 0 Å². The number of primary amides is 1. The monoisotopic (exact) mass is 383 g/mol. The molecule has 0 aliphatic rings. The number of rotatable bonds is 8. The second kappa shape index (κ2) is 9.66. The fourth-order valence-corrected chi connectivity index (χ4v) is 2.74. The molecule has 0 aromatic heterocycles. The second-order valence-electron chi connectivity index (χ2n) is 6.73. The summed E-state index contributed by atoms with van der Waals surface area (Å²) in [5, 5.41) is 5.70. The van der Waals surface area contributed by atoms with Crippen molar-refractivity contribution < 1.29 is 19.3 Å². The van der Waals surface area contributed by atoms with Crippen LogP contribution >= 0.6 is 0 Å². The van der Waals surface area contributed by atoms with E-state index in [0.717, 1.165) is 22.6 Å². The van der Waals surface area contributed by atoms with E-state index < -0.39 is 11.9 Å². The van der Waals surface area contributed by atoms with Crippen LogP contribution in [0.15, 0.2) is 48.5 Å². The molecule has 0 radical (unpaired) electrons. The van der Waals surface area contributed by atoms with Gasteiger partial charge >= 0.3 is 0 Å². The van der Waals surface area contributed by atoms with E-state index in [4.69, 9.17) is 5.73 Å². The standard InChI is InChI=1S/C21H26N4O3/c1-4-15-7-5-6-8-18(15)24-19(26)13-25(3)14(2)21(28)23-17-11-9-16(10-12-17)20(22)27/h5-12,14H,4,13H2,1-3H3,(H2,22,27)(H,23,28)(H,24,26)/p+1/t14-/m0/s1. The summed E-state index contributed by atoms with van der Waals surface area (Å²) in [7, 11) is 1.80. The minimum absolute atomic E-state index is 0.149. The summed E-state index contributed by atoms with van der Waals surface area (Å²) in [6.45, 7) is 3.95. The van der Waals surface area contributed by atoms with Gasteiger partial charge in [-0.25, -0.2) is 0 Å². The van der Waals surface area contributed by atoms with Gasteiger partial charge in [0.15, 0.2) is 12.6 Å². The van der Waals surface area contributed by atoms with Crippen molar-refractivity contribution in [3.63, 3.8) is 0 Å². The first-order valence-electron chi connectivity index (χ1n) is 9.22. The van der Waals surface area contributed by atoms with E-state index in [1.54, 1.807) is 38.2 Å². The van der Waals surface area contributed by atoms with Crippen molar-refractivity contribution in [2.45, 2.75) is 26.3 Å². The van der Waals surface area contributed by atoms with E-state index in [-0.39, 0.29) is 18.4 Å². The number of carbonyl (C=O) groups excluding carboxylic acids is 3. The highest BCUT2D eigenvalue weighted by atomic mass is 16.2. The van der Waals surface area contributed by atoms with E-state index >= 15 is 0 Å². The number of hydrogen-bond acceptors (Lipinski definition) is 3. The molecule has 2 atom stereocenters. The Balaban J connectivity index is 1.91. The molecule has 0 fully saturated rings. The SMILES string of the molecule is CCc1ccccc1NC(=O)C[NH+](C)[C@@H](C)C(=O)Nc1ccc(C(N)=O)cc1. The molecule has 7 heteroatoms. The summed E-state index contributed by atoms with van der Waals surface area (Å²) < 4.78 is 0. The van der Waals surface area contributed by atoms with Gasteiger partial charge in [0.05, 0.1) is 7.05 Å². The van der Waals surface area contributed by atoms with Crippen LogP contribution in [-0.2, 0) is 16.0 Å². The summed E-state index contributed by atoms with van der Waals surface area (Å²) in [5.74, 6) is -0.888. The van der Waals surface area contributed by atoms with Gasteiger partial charge in [-0.2, -0.15) is 0 Å². The number of anilines is 2. The lowest BCUT2D eigenvalue weighted by molar-refractivity contribution is -0.885. The zero-order valence-electron chi connectivity index (χ0n) is 16.4. The molecule has 7 nitrogen and oxygen atoms in total. The van der Waals surface area contributed by atoms with Crippen LogP contribution < -0.4 is 21.3 Å². The fraction of sp³-hybridized carbons (Fsp3) is 0.286. The molecule has 0 saturated carbocycles. The Morgan fingerprint density at radius 3 is 2.29 bits per heavy atom. The molecular formula is C21H27N4O3+. The quantitative estimate of drug-likeness (QED) is 0.542. The van der Waals surface area contributed by atoms with E-state index in [0.29, 0.717) is 11.3 Å². The molecule has 2 rings (SSSR count). The van der Waals surface area contributed by atoms with Crippen molar-refractivity contribution in [2.75, 3.05) is 24.2 Å². The molecule has 3 amide bonds.